The molecule has 0 spiro atoms. The number of aliphatic hydroxyl groups is 1. The van der Waals surface area contributed by atoms with Crippen LogP contribution >= 0.6 is 0 Å². The SMILES string of the molecule is CC(CCCCCCCCCCCC(O)CCCC(=O)O)OCc1ccccc1. The Morgan fingerprint density at radius 3 is 1.93 bits per heavy atom. The van der Waals surface area contributed by atoms with Crippen molar-refractivity contribution in [2.45, 2.75) is 116 Å². The molecule has 0 bridgehead atoms. The fraction of sp³-hybridized carbons (Fsp3) is 0.720. The minimum atomic E-state index is -0.775. The summed E-state index contributed by atoms with van der Waals surface area (Å²) in [7, 11) is 0. The molecule has 0 aliphatic carbocycles. The monoisotopic (exact) mass is 406 g/mol. The number of unbranched alkanes of at least 4 members (excludes halogenated alkanes) is 8. The largest absolute Gasteiger partial charge is 0.481 e. The van der Waals surface area contributed by atoms with Crippen molar-refractivity contribution in [2.75, 3.05) is 0 Å². The number of benzene rings is 1. The topological polar surface area (TPSA) is 66.8 Å². The van der Waals surface area contributed by atoms with Crippen molar-refractivity contribution in [2.24, 2.45) is 0 Å². The van der Waals surface area contributed by atoms with Crippen molar-refractivity contribution in [3.8, 4) is 0 Å². The number of carboxylic acid groups (broad SMARTS) is 1. The van der Waals surface area contributed by atoms with Crippen LogP contribution in [0.25, 0.3) is 0 Å². The first-order valence-electron chi connectivity index (χ1n) is 11.6. The molecule has 166 valence electrons. The van der Waals surface area contributed by atoms with Crippen LogP contribution in [0.3, 0.4) is 0 Å². The van der Waals surface area contributed by atoms with Gasteiger partial charge < -0.3 is 14.9 Å². The maximum atomic E-state index is 10.4. The molecular formula is C25H42O4. The predicted molar refractivity (Wildman–Crippen MR) is 119 cm³/mol. The van der Waals surface area contributed by atoms with E-state index in [1.165, 1.54) is 56.9 Å². The van der Waals surface area contributed by atoms with Crippen molar-refractivity contribution in [3.63, 3.8) is 0 Å². The molecule has 0 aromatic heterocycles. The molecule has 29 heavy (non-hydrogen) atoms. The predicted octanol–water partition coefficient (Wildman–Crippen LogP) is 6.50. The summed E-state index contributed by atoms with van der Waals surface area (Å²) in [5, 5.41) is 18.4. The summed E-state index contributed by atoms with van der Waals surface area (Å²) in [6.07, 6.45) is 14.5. The summed E-state index contributed by atoms with van der Waals surface area (Å²) in [5.74, 6) is -0.775. The highest BCUT2D eigenvalue weighted by Gasteiger charge is 2.06. The molecule has 4 heteroatoms. The average Bonchev–Trinajstić information content (AvgIpc) is 2.71. The lowest BCUT2D eigenvalue weighted by Gasteiger charge is -2.13. The molecule has 2 N–H and O–H groups in total. The Bertz CT molecular complexity index is 503. The molecule has 0 fully saturated rings. The van der Waals surface area contributed by atoms with Gasteiger partial charge in [-0.25, -0.2) is 0 Å². The Morgan fingerprint density at radius 2 is 1.34 bits per heavy atom. The van der Waals surface area contributed by atoms with Crippen molar-refractivity contribution in [3.05, 3.63) is 35.9 Å². The molecule has 1 aromatic rings. The molecule has 0 radical (unpaired) electrons. The lowest BCUT2D eigenvalue weighted by Crippen LogP contribution is -2.07. The molecule has 2 atom stereocenters. The maximum Gasteiger partial charge on any atom is 0.303 e. The number of hydrogen-bond donors (Lipinski definition) is 2. The van der Waals surface area contributed by atoms with Gasteiger partial charge in [0, 0.05) is 6.42 Å². The molecule has 0 aliphatic rings. The number of carboxylic acids is 1. The third-order valence-electron chi connectivity index (χ3n) is 5.45. The van der Waals surface area contributed by atoms with E-state index in [2.05, 4.69) is 31.2 Å². The summed E-state index contributed by atoms with van der Waals surface area (Å²) in [5.41, 5.74) is 1.24. The first-order valence-corrected chi connectivity index (χ1v) is 11.6. The Morgan fingerprint density at radius 1 is 0.828 bits per heavy atom. The zero-order valence-electron chi connectivity index (χ0n) is 18.4. The molecular weight excluding hydrogens is 364 g/mol. The highest BCUT2D eigenvalue weighted by Crippen LogP contribution is 2.15. The van der Waals surface area contributed by atoms with Crippen LogP contribution in [0.4, 0.5) is 0 Å². The first kappa shape index (κ1) is 25.6. The van der Waals surface area contributed by atoms with Gasteiger partial charge in [-0.1, -0.05) is 88.1 Å². The number of rotatable bonds is 19. The minimum absolute atomic E-state index is 0.163. The van der Waals surface area contributed by atoms with Crippen LogP contribution in [0.1, 0.15) is 102 Å². The fourth-order valence-corrected chi connectivity index (χ4v) is 3.58. The standard InChI is InChI=1S/C25H42O4/c1-22(29-21-23-16-11-9-12-17-23)15-10-7-5-3-2-4-6-8-13-18-24(26)19-14-20-25(27)28/h9,11-12,16-17,22,24,26H,2-8,10,13-15,18-21H2,1H3,(H,27,28). The Kier molecular flexibility index (Phi) is 15.4. The van der Waals surface area contributed by atoms with E-state index in [-0.39, 0.29) is 12.5 Å². The minimum Gasteiger partial charge on any atom is -0.481 e. The van der Waals surface area contributed by atoms with Gasteiger partial charge in [0.05, 0.1) is 18.8 Å². The van der Waals surface area contributed by atoms with E-state index >= 15 is 0 Å². The molecule has 0 heterocycles. The van der Waals surface area contributed by atoms with Gasteiger partial charge in [0.1, 0.15) is 0 Å². The van der Waals surface area contributed by atoms with Gasteiger partial charge in [-0.15, -0.1) is 0 Å². The van der Waals surface area contributed by atoms with Crippen LogP contribution in [-0.2, 0) is 16.1 Å². The number of carbonyl (C=O) groups is 1. The second kappa shape index (κ2) is 17.5. The van der Waals surface area contributed by atoms with E-state index in [0.717, 1.165) is 19.3 Å². The molecule has 1 aromatic carbocycles. The molecule has 0 amide bonds. The van der Waals surface area contributed by atoms with E-state index in [4.69, 9.17) is 9.84 Å². The van der Waals surface area contributed by atoms with Gasteiger partial charge in [0.15, 0.2) is 0 Å². The second-order valence-corrected chi connectivity index (χ2v) is 8.31. The maximum absolute atomic E-state index is 10.4. The molecule has 2 unspecified atom stereocenters. The highest BCUT2D eigenvalue weighted by molar-refractivity contribution is 5.66. The van der Waals surface area contributed by atoms with E-state index < -0.39 is 5.97 Å². The van der Waals surface area contributed by atoms with Gasteiger partial charge in [-0.05, 0) is 38.2 Å². The zero-order chi connectivity index (χ0) is 21.2. The number of aliphatic carboxylic acids is 1. The van der Waals surface area contributed by atoms with Crippen molar-refractivity contribution in [1.29, 1.82) is 0 Å². The van der Waals surface area contributed by atoms with Crippen LogP contribution in [0.5, 0.6) is 0 Å². The summed E-state index contributed by atoms with van der Waals surface area (Å²) in [6.45, 7) is 2.88. The molecule has 0 aliphatic heterocycles. The number of hydrogen-bond acceptors (Lipinski definition) is 3. The fourth-order valence-electron chi connectivity index (χ4n) is 3.58. The van der Waals surface area contributed by atoms with Crippen molar-refractivity contribution < 1.29 is 19.7 Å². The third kappa shape index (κ3) is 16.1. The summed E-state index contributed by atoms with van der Waals surface area (Å²) < 4.78 is 5.92. The van der Waals surface area contributed by atoms with Crippen LogP contribution in [0.2, 0.25) is 0 Å². The van der Waals surface area contributed by atoms with E-state index in [1.807, 2.05) is 6.07 Å². The highest BCUT2D eigenvalue weighted by atomic mass is 16.5. The first-order chi connectivity index (χ1) is 14.1. The lowest BCUT2D eigenvalue weighted by atomic mass is 10.0. The van der Waals surface area contributed by atoms with Gasteiger partial charge in [0.25, 0.3) is 0 Å². The number of aliphatic hydroxyl groups excluding tert-OH is 1. The Balaban J connectivity index is 1.81. The molecule has 1 rings (SSSR count). The van der Waals surface area contributed by atoms with Crippen LogP contribution in [0, 0.1) is 0 Å². The zero-order valence-corrected chi connectivity index (χ0v) is 18.4. The summed E-state index contributed by atoms with van der Waals surface area (Å²) in [4.78, 5) is 10.4. The second-order valence-electron chi connectivity index (χ2n) is 8.31. The van der Waals surface area contributed by atoms with Gasteiger partial charge >= 0.3 is 5.97 Å². The van der Waals surface area contributed by atoms with Gasteiger partial charge in [-0.3, -0.25) is 4.79 Å². The van der Waals surface area contributed by atoms with Crippen LogP contribution in [0.15, 0.2) is 30.3 Å². The van der Waals surface area contributed by atoms with E-state index in [1.54, 1.807) is 0 Å². The smallest absolute Gasteiger partial charge is 0.303 e. The average molecular weight is 407 g/mol. The normalized spacial score (nSPS) is 13.3. The van der Waals surface area contributed by atoms with Gasteiger partial charge in [0.2, 0.25) is 0 Å². The van der Waals surface area contributed by atoms with Crippen LogP contribution in [-0.4, -0.2) is 28.4 Å². The summed E-state index contributed by atoms with van der Waals surface area (Å²) in [6, 6.07) is 10.4. The lowest BCUT2D eigenvalue weighted by molar-refractivity contribution is -0.137. The van der Waals surface area contributed by atoms with E-state index in [0.29, 0.717) is 25.6 Å². The van der Waals surface area contributed by atoms with Crippen molar-refractivity contribution in [1.82, 2.24) is 0 Å². The third-order valence-corrected chi connectivity index (χ3v) is 5.45. The Labute approximate surface area is 177 Å². The summed E-state index contributed by atoms with van der Waals surface area (Å²) >= 11 is 0. The quantitative estimate of drug-likeness (QED) is 0.257. The molecule has 0 saturated carbocycles. The molecule has 4 nitrogen and oxygen atoms in total. The molecule has 0 saturated heterocycles. The Hall–Kier alpha value is -1.39. The number of ether oxygens (including phenoxy) is 1. The van der Waals surface area contributed by atoms with Crippen LogP contribution < -0.4 is 0 Å². The van der Waals surface area contributed by atoms with Crippen molar-refractivity contribution >= 4 is 5.97 Å². The van der Waals surface area contributed by atoms with Gasteiger partial charge in [-0.2, -0.15) is 0 Å². The van der Waals surface area contributed by atoms with E-state index in [9.17, 15) is 9.90 Å².